The molecule has 3 rings (SSSR count). The van der Waals surface area contributed by atoms with Gasteiger partial charge in [-0.2, -0.15) is 0 Å². The molecule has 1 aromatic carbocycles. The number of ether oxygens (including phenoxy) is 1. The maximum absolute atomic E-state index is 11.0. The molecule has 0 unspecified atom stereocenters. The first kappa shape index (κ1) is 12.8. The molecule has 1 aliphatic carbocycles. The SMILES string of the molecule is O=C1C=CC(=Nc2ccc(N3CCOCC3)cc2)C=C1. The average molecular weight is 268 g/mol. The standard InChI is InChI=1S/C16H16N2O2/c19-16-7-3-14(4-8-16)17-13-1-5-15(6-2-13)18-9-11-20-12-10-18/h1-8H,9-12H2. The summed E-state index contributed by atoms with van der Waals surface area (Å²) >= 11 is 0. The second kappa shape index (κ2) is 5.84. The number of aliphatic imine (C=N–C) groups is 1. The van der Waals surface area contributed by atoms with Gasteiger partial charge in [0.25, 0.3) is 0 Å². The van der Waals surface area contributed by atoms with Crippen LogP contribution < -0.4 is 4.90 Å². The molecule has 0 spiro atoms. The van der Waals surface area contributed by atoms with E-state index in [1.165, 1.54) is 17.8 Å². The van der Waals surface area contributed by atoms with E-state index in [9.17, 15) is 4.79 Å². The van der Waals surface area contributed by atoms with Crippen molar-refractivity contribution in [2.24, 2.45) is 4.99 Å². The first-order valence-electron chi connectivity index (χ1n) is 6.73. The number of morpholine rings is 1. The van der Waals surface area contributed by atoms with Crippen LogP contribution in [0.3, 0.4) is 0 Å². The summed E-state index contributed by atoms with van der Waals surface area (Å²) in [5.74, 6) is 0.00613. The third-order valence-electron chi connectivity index (χ3n) is 3.32. The number of hydrogen-bond acceptors (Lipinski definition) is 4. The number of carbonyl (C=O) groups is 1. The molecule has 0 atom stereocenters. The van der Waals surface area contributed by atoms with Crippen molar-refractivity contribution >= 4 is 22.9 Å². The van der Waals surface area contributed by atoms with Crippen molar-refractivity contribution < 1.29 is 9.53 Å². The molecule has 1 aromatic rings. The molecule has 0 N–H and O–H groups in total. The molecule has 0 radical (unpaired) electrons. The fourth-order valence-corrected chi connectivity index (χ4v) is 2.23. The highest BCUT2D eigenvalue weighted by atomic mass is 16.5. The average Bonchev–Trinajstić information content (AvgIpc) is 2.51. The van der Waals surface area contributed by atoms with Crippen LogP contribution in [-0.4, -0.2) is 37.8 Å². The molecule has 1 heterocycles. The summed E-state index contributed by atoms with van der Waals surface area (Å²) in [5.41, 5.74) is 2.88. The quantitative estimate of drug-likeness (QED) is 0.773. The normalized spacial score (nSPS) is 18.5. The number of allylic oxidation sites excluding steroid dienone is 4. The minimum atomic E-state index is 0.00613. The largest absolute Gasteiger partial charge is 0.378 e. The van der Waals surface area contributed by atoms with Crippen molar-refractivity contribution in [3.8, 4) is 0 Å². The van der Waals surface area contributed by atoms with E-state index in [2.05, 4.69) is 22.0 Å². The molecule has 4 nitrogen and oxygen atoms in total. The van der Waals surface area contributed by atoms with E-state index in [1.54, 1.807) is 12.2 Å². The monoisotopic (exact) mass is 268 g/mol. The second-order valence-corrected chi connectivity index (χ2v) is 4.72. The van der Waals surface area contributed by atoms with Gasteiger partial charge in [-0.1, -0.05) is 0 Å². The Kier molecular flexibility index (Phi) is 3.74. The van der Waals surface area contributed by atoms with Crippen LogP contribution in [0, 0.1) is 0 Å². The van der Waals surface area contributed by atoms with Crippen LogP contribution in [0.2, 0.25) is 0 Å². The van der Waals surface area contributed by atoms with Gasteiger partial charge in [-0.3, -0.25) is 4.79 Å². The Hall–Kier alpha value is -2.20. The number of hydrogen-bond donors (Lipinski definition) is 0. The third-order valence-corrected chi connectivity index (χ3v) is 3.32. The predicted molar refractivity (Wildman–Crippen MR) is 79.9 cm³/mol. The van der Waals surface area contributed by atoms with Crippen LogP contribution in [0.25, 0.3) is 0 Å². The minimum Gasteiger partial charge on any atom is -0.378 e. The molecular formula is C16H16N2O2. The number of nitrogens with zero attached hydrogens (tertiary/aromatic N) is 2. The van der Waals surface area contributed by atoms with E-state index in [-0.39, 0.29) is 5.78 Å². The highest BCUT2D eigenvalue weighted by molar-refractivity contribution is 6.17. The molecule has 102 valence electrons. The van der Waals surface area contributed by atoms with Crippen molar-refractivity contribution in [2.75, 3.05) is 31.2 Å². The summed E-state index contributed by atoms with van der Waals surface area (Å²) in [4.78, 5) is 17.8. The zero-order valence-corrected chi connectivity index (χ0v) is 11.2. The van der Waals surface area contributed by atoms with Gasteiger partial charge in [0.1, 0.15) is 0 Å². The lowest BCUT2D eigenvalue weighted by Crippen LogP contribution is -2.36. The highest BCUT2D eigenvalue weighted by Crippen LogP contribution is 2.21. The van der Waals surface area contributed by atoms with Gasteiger partial charge in [0, 0.05) is 18.8 Å². The lowest BCUT2D eigenvalue weighted by molar-refractivity contribution is -0.110. The molecular weight excluding hydrogens is 252 g/mol. The van der Waals surface area contributed by atoms with Gasteiger partial charge in [-0.25, -0.2) is 4.99 Å². The summed E-state index contributed by atoms with van der Waals surface area (Å²) in [6.07, 6.45) is 6.53. The second-order valence-electron chi connectivity index (χ2n) is 4.72. The smallest absolute Gasteiger partial charge is 0.178 e. The third kappa shape index (κ3) is 3.03. The Morgan fingerprint density at radius 2 is 1.60 bits per heavy atom. The lowest BCUT2D eigenvalue weighted by Gasteiger charge is -2.28. The van der Waals surface area contributed by atoms with Crippen molar-refractivity contribution in [3.63, 3.8) is 0 Å². The molecule has 0 saturated carbocycles. The Morgan fingerprint density at radius 1 is 0.950 bits per heavy atom. The van der Waals surface area contributed by atoms with Crippen LogP contribution in [0.4, 0.5) is 11.4 Å². The van der Waals surface area contributed by atoms with Crippen LogP contribution >= 0.6 is 0 Å². The predicted octanol–water partition coefficient (Wildman–Crippen LogP) is 2.29. The zero-order valence-electron chi connectivity index (χ0n) is 11.2. The van der Waals surface area contributed by atoms with Crippen molar-refractivity contribution in [2.45, 2.75) is 0 Å². The van der Waals surface area contributed by atoms with Crippen molar-refractivity contribution in [1.82, 2.24) is 0 Å². The van der Waals surface area contributed by atoms with Gasteiger partial charge in [-0.05, 0) is 48.6 Å². The van der Waals surface area contributed by atoms with Crippen LogP contribution in [0.5, 0.6) is 0 Å². The van der Waals surface area contributed by atoms with Crippen molar-refractivity contribution in [1.29, 1.82) is 0 Å². The first-order valence-corrected chi connectivity index (χ1v) is 6.73. The molecule has 2 aliphatic rings. The summed E-state index contributed by atoms with van der Waals surface area (Å²) in [6, 6.07) is 8.14. The number of anilines is 1. The molecule has 0 amide bonds. The Balaban J connectivity index is 1.73. The molecule has 0 bridgehead atoms. The first-order chi connectivity index (χ1) is 9.81. The zero-order chi connectivity index (χ0) is 13.8. The van der Waals surface area contributed by atoms with E-state index in [4.69, 9.17) is 4.74 Å². The molecule has 4 heteroatoms. The van der Waals surface area contributed by atoms with Gasteiger partial charge in [0.2, 0.25) is 0 Å². The number of ketones is 1. The summed E-state index contributed by atoms with van der Waals surface area (Å²) in [7, 11) is 0. The Labute approximate surface area is 118 Å². The minimum absolute atomic E-state index is 0.00613. The van der Waals surface area contributed by atoms with E-state index >= 15 is 0 Å². The maximum atomic E-state index is 11.0. The fourth-order valence-electron chi connectivity index (χ4n) is 2.23. The highest BCUT2D eigenvalue weighted by Gasteiger charge is 2.10. The molecule has 1 saturated heterocycles. The van der Waals surface area contributed by atoms with Crippen LogP contribution in [0.1, 0.15) is 0 Å². The fraction of sp³-hybridized carbons (Fsp3) is 0.250. The van der Waals surface area contributed by atoms with Gasteiger partial charge in [-0.15, -0.1) is 0 Å². The van der Waals surface area contributed by atoms with Crippen LogP contribution in [0.15, 0.2) is 53.6 Å². The van der Waals surface area contributed by atoms with Gasteiger partial charge >= 0.3 is 0 Å². The van der Waals surface area contributed by atoms with Gasteiger partial charge in [0.05, 0.1) is 24.6 Å². The number of rotatable bonds is 2. The molecule has 20 heavy (non-hydrogen) atoms. The maximum Gasteiger partial charge on any atom is 0.178 e. The number of benzene rings is 1. The van der Waals surface area contributed by atoms with Gasteiger partial charge < -0.3 is 9.64 Å². The molecule has 1 fully saturated rings. The number of carbonyl (C=O) groups excluding carboxylic acids is 1. The summed E-state index contributed by atoms with van der Waals surface area (Å²) in [5, 5.41) is 0. The molecule has 0 aromatic heterocycles. The summed E-state index contributed by atoms with van der Waals surface area (Å²) < 4.78 is 5.35. The summed E-state index contributed by atoms with van der Waals surface area (Å²) in [6.45, 7) is 3.43. The Morgan fingerprint density at radius 3 is 2.25 bits per heavy atom. The van der Waals surface area contributed by atoms with E-state index in [0.29, 0.717) is 0 Å². The van der Waals surface area contributed by atoms with Gasteiger partial charge in [0.15, 0.2) is 5.78 Å². The topological polar surface area (TPSA) is 41.9 Å². The van der Waals surface area contributed by atoms with Crippen LogP contribution in [-0.2, 0) is 9.53 Å². The Bertz CT molecular complexity index is 561. The van der Waals surface area contributed by atoms with E-state index in [1.807, 2.05) is 12.1 Å². The van der Waals surface area contributed by atoms with E-state index in [0.717, 1.165) is 37.7 Å². The van der Waals surface area contributed by atoms with Crippen molar-refractivity contribution in [3.05, 3.63) is 48.6 Å². The lowest BCUT2D eigenvalue weighted by atomic mass is 10.1. The molecule has 1 aliphatic heterocycles. The van der Waals surface area contributed by atoms with E-state index < -0.39 is 0 Å².